The lowest BCUT2D eigenvalue weighted by Crippen LogP contribution is -1.99. The fourth-order valence-electron chi connectivity index (χ4n) is 0.751. The molecule has 0 saturated carbocycles. The molecule has 0 aliphatic heterocycles. The van der Waals surface area contributed by atoms with Gasteiger partial charge in [-0.05, 0) is 5.30 Å². The monoisotopic (exact) mass is 174 g/mol. The summed E-state index contributed by atoms with van der Waals surface area (Å²) in [5, 5.41) is 1.01. The summed E-state index contributed by atoms with van der Waals surface area (Å²) >= 11 is 0. The average Bonchev–Trinajstić information content (AvgIpc) is 2.03. The molecular formula is C8H9F2P. The zero-order chi connectivity index (χ0) is 8.10. The Labute approximate surface area is 66.4 Å². The van der Waals surface area contributed by atoms with Gasteiger partial charge in [-0.2, -0.15) is 0 Å². The first-order chi connectivity index (χ1) is 5.29. The van der Waals surface area contributed by atoms with E-state index in [0.29, 0.717) is 0 Å². The predicted molar refractivity (Wildman–Crippen MR) is 45.3 cm³/mol. The van der Waals surface area contributed by atoms with Crippen LogP contribution in [0.4, 0.5) is 8.78 Å². The standard InChI is InChI=1S/C8H9F2P/c9-8(10)6-11-7-4-2-1-3-5-7/h1-5,8,11H,6H2. The summed E-state index contributed by atoms with van der Waals surface area (Å²) in [7, 11) is 0.235. The summed E-state index contributed by atoms with van der Waals surface area (Å²) in [5.74, 6) is 0. The number of hydrogen-bond acceptors (Lipinski definition) is 0. The van der Waals surface area contributed by atoms with Gasteiger partial charge in [0, 0.05) is 6.16 Å². The fraction of sp³-hybridized carbons (Fsp3) is 0.250. The maximum absolute atomic E-state index is 11.7. The Kier molecular flexibility index (Phi) is 3.44. The molecule has 0 radical (unpaired) electrons. The van der Waals surface area contributed by atoms with E-state index in [9.17, 15) is 8.78 Å². The molecule has 1 unspecified atom stereocenters. The molecule has 0 saturated heterocycles. The maximum atomic E-state index is 11.7. The number of hydrogen-bond donors (Lipinski definition) is 0. The van der Waals surface area contributed by atoms with Crippen LogP contribution in [-0.2, 0) is 0 Å². The van der Waals surface area contributed by atoms with Crippen molar-refractivity contribution in [3.63, 3.8) is 0 Å². The largest absolute Gasteiger partial charge is 0.242 e. The summed E-state index contributed by atoms with van der Waals surface area (Å²) in [4.78, 5) is 0. The van der Waals surface area contributed by atoms with Crippen molar-refractivity contribution < 1.29 is 8.78 Å². The van der Waals surface area contributed by atoms with Gasteiger partial charge in [-0.25, -0.2) is 8.78 Å². The van der Waals surface area contributed by atoms with Crippen molar-refractivity contribution in [3.8, 4) is 0 Å². The number of alkyl halides is 2. The lowest BCUT2D eigenvalue weighted by Gasteiger charge is -1.99. The van der Waals surface area contributed by atoms with Gasteiger partial charge in [-0.3, -0.25) is 0 Å². The highest BCUT2D eigenvalue weighted by Crippen LogP contribution is 2.13. The molecule has 3 heteroatoms. The lowest BCUT2D eigenvalue weighted by atomic mass is 10.4. The van der Waals surface area contributed by atoms with Crippen LogP contribution in [-0.4, -0.2) is 12.6 Å². The number of benzene rings is 1. The molecule has 0 spiro atoms. The van der Waals surface area contributed by atoms with Crippen molar-refractivity contribution in [3.05, 3.63) is 30.3 Å². The molecule has 0 aliphatic carbocycles. The molecule has 0 N–H and O–H groups in total. The van der Waals surface area contributed by atoms with Crippen molar-refractivity contribution >= 4 is 13.9 Å². The van der Waals surface area contributed by atoms with Gasteiger partial charge in [-0.15, -0.1) is 0 Å². The van der Waals surface area contributed by atoms with E-state index in [1.165, 1.54) is 0 Å². The van der Waals surface area contributed by atoms with Crippen molar-refractivity contribution in [1.82, 2.24) is 0 Å². The summed E-state index contributed by atoms with van der Waals surface area (Å²) < 4.78 is 23.5. The van der Waals surface area contributed by atoms with Gasteiger partial charge in [-0.1, -0.05) is 38.9 Å². The van der Waals surface area contributed by atoms with E-state index in [1.54, 1.807) is 0 Å². The number of halogens is 2. The van der Waals surface area contributed by atoms with Crippen LogP contribution in [0.15, 0.2) is 30.3 Å². The third kappa shape index (κ3) is 3.43. The van der Waals surface area contributed by atoms with Gasteiger partial charge in [0.15, 0.2) is 0 Å². The van der Waals surface area contributed by atoms with E-state index < -0.39 is 6.43 Å². The Balaban J connectivity index is 2.39. The van der Waals surface area contributed by atoms with Gasteiger partial charge in [0.05, 0.1) is 0 Å². The Morgan fingerprint density at radius 1 is 1.18 bits per heavy atom. The van der Waals surface area contributed by atoms with Crippen LogP contribution in [0.5, 0.6) is 0 Å². The highest BCUT2D eigenvalue weighted by Gasteiger charge is 2.01. The second-order valence-corrected chi connectivity index (χ2v) is 3.48. The summed E-state index contributed by atoms with van der Waals surface area (Å²) in [6.45, 7) is 0. The van der Waals surface area contributed by atoms with Crippen LogP contribution < -0.4 is 5.30 Å². The zero-order valence-corrected chi connectivity index (χ0v) is 6.93. The molecule has 1 atom stereocenters. The molecule has 60 valence electrons. The molecule has 0 heterocycles. The zero-order valence-electron chi connectivity index (χ0n) is 5.93. The van der Waals surface area contributed by atoms with Gasteiger partial charge < -0.3 is 0 Å². The number of rotatable bonds is 3. The van der Waals surface area contributed by atoms with Crippen molar-refractivity contribution in [2.45, 2.75) is 6.43 Å². The molecule has 0 aliphatic rings. The van der Waals surface area contributed by atoms with E-state index in [1.807, 2.05) is 30.3 Å². The molecule has 0 amide bonds. The Morgan fingerprint density at radius 3 is 2.36 bits per heavy atom. The summed E-state index contributed by atoms with van der Waals surface area (Å²) in [5.41, 5.74) is 0. The molecule has 1 aromatic rings. The summed E-state index contributed by atoms with van der Waals surface area (Å²) in [6.07, 6.45) is -2.18. The second kappa shape index (κ2) is 4.40. The van der Waals surface area contributed by atoms with Gasteiger partial charge >= 0.3 is 0 Å². The Bertz CT molecular complexity index is 199. The molecule has 0 fully saturated rings. The smallest absolute Gasteiger partial charge is 0.210 e. The van der Waals surface area contributed by atoms with Crippen molar-refractivity contribution in [1.29, 1.82) is 0 Å². The topological polar surface area (TPSA) is 0 Å². The molecule has 0 bridgehead atoms. The summed E-state index contributed by atoms with van der Waals surface area (Å²) in [6, 6.07) is 9.37. The molecule has 11 heavy (non-hydrogen) atoms. The predicted octanol–water partition coefficient (Wildman–Crippen LogP) is 2.26. The van der Waals surface area contributed by atoms with E-state index in [2.05, 4.69) is 0 Å². The van der Waals surface area contributed by atoms with Crippen LogP contribution in [0.1, 0.15) is 0 Å². The quantitative estimate of drug-likeness (QED) is 0.616. The highest BCUT2D eigenvalue weighted by atomic mass is 31.1. The van der Waals surface area contributed by atoms with E-state index in [0.717, 1.165) is 5.30 Å². The molecule has 0 aromatic heterocycles. The van der Waals surface area contributed by atoms with E-state index in [-0.39, 0.29) is 14.7 Å². The minimum Gasteiger partial charge on any atom is -0.210 e. The Hall–Kier alpha value is -0.490. The van der Waals surface area contributed by atoms with Crippen LogP contribution >= 0.6 is 8.58 Å². The lowest BCUT2D eigenvalue weighted by molar-refractivity contribution is 0.176. The first-order valence-electron chi connectivity index (χ1n) is 3.36. The minimum absolute atomic E-state index is 0.00991. The molecule has 1 rings (SSSR count). The first kappa shape index (κ1) is 8.61. The highest BCUT2D eigenvalue weighted by molar-refractivity contribution is 7.47. The van der Waals surface area contributed by atoms with Gasteiger partial charge in [0.2, 0.25) is 6.43 Å². The van der Waals surface area contributed by atoms with Crippen LogP contribution in [0.3, 0.4) is 0 Å². The van der Waals surface area contributed by atoms with Crippen LogP contribution in [0, 0.1) is 0 Å². The fourth-order valence-corrected chi connectivity index (χ4v) is 1.57. The van der Waals surface area contributed by atoms with Crippen molar-refractivity contribution in [2.75, 3.05) is 6.16 Å². The van der Waals surface area contributed by atoms with E-state index >= 15 is 0 Å². The maximum Gasteiger partial charge on any atom is 0.242 e. The van der Waals surface area contributed by atoms with Crippen LogP contribution in [0.25, 0.3) is 0 Å². The minimum atomic E-state index is -2.17. The first-order valence-corrected chi connectivity index (χ1v) is 4.57. The normalized spacial score (nSPS) is 11.5. The average molecular weight is 174 g/mol. The Morgan fingerprint density at radius 2 is 1.82 bits per heavy atom. The third-order valence-electron chi connectivity index (χ3n) is 1.23. The van der Waals surface area contributed by atoms with Crippen molar-refractivity contribution in [2.24, 2.45) is 0 Å². The molecular weight excluding hydrogens is 165 g/mol. The third-order valence-corrected chi connectivity index (χ3v) is 2.49. The van der Waals surface area contributed by atoms with Gasteiger partial charge in [0.1, 0.15) is 0 Å². The van der Waals surface area contributed by atoms with Gasteiger partial charge in [0.25, 0.3) is 0 Å². The SMILES string of the molecule is FC(F)CPc1ccccc1. The molecule has 0 nitrogen and oxygen atoms in total. The second-order valence-electron chi connectivity index (χ2n) is 2.14. The van der Waals surface area contributed by atoms with E-state index in [4.69, 9.17) is 0 Å². The molecule has 1 aromatic carbocycles. The van der Waals surface area contributed by atoms with Crippen LogP contribution in [0.2, 0.25) is 0 Å².